The predicted octanol–water partition coefficient (Wildman–Crippen LogP) is 3.51. The molecular formula is C16H18F2O3. The van der Waals surface area contributed by atoms with Crippen LogP contribution in [0.2, 0.25) is 0 Å². The van der Waals surface area contributed by atoms with Crippen LogP contribution in [0, 0.1) is 5.41 Å². The third kappa shape index (κ3) is 3.28. The number of ether oxygens (including phenoxy) is 1. The highest BCUT2D eigenvalue weighted by molar-refractivity contribution is 6.04. The molecule has 1 aliphatic carbocycles. The number of ketones is 1. The van der Waals surface area contributed by atoms with Gasteiger partial charge in [0.05, 0.1) is 0 Å². The molecule has 114 valence electrons. The molecule has 1 aromatic carbocycles. The van der Waals surface area contributed by atoms with E-state index in [0.717, 1.165) is 0 Å². The van der Waals surface area contributed by atoms with E-state index < -0.39 is 23.6 Å². The van der Waals surface area contributed by atoms with Gasteiger partial charge in [-0.1, -0.05) is 43.2 Å². The van der Waals surface area contributed by atoms with Crippen molar-refractivity contribution in [3.8, 4) is 0 Å². The Morgan fingerprint density at radius 3 is 2.57 bits per heavy atom. The number of carbonyl (C=O) groups excluding carboxylic acids is 2. The third-order valence-corrected chi connectivity index (χ3v) is 3.92. The molecule has 0 radical (unpaired) electrons. The van der Waals surface area contributed by atoms with E-state index in [1.54, 1.807) is 30.3 Å². The highest BCUT2D eigenvalue weighted by Gasteiger charge is 2.54. The zero-order valence-corrected chi connectivity index (χ0v) is 11.7. The fourth-order valence-electron chi connectivity index (χ4n) is 2.62. The quantitative estimate of drug-likeness (QED) is 0.485. The lowest BCUT2D eigenvalue weighted by Gasteiger charge is -2.27. The van der Waals surface area contributed by atoms with Gasteiger partial charge in [-0.3, -0.25) is 9.59 Å². The fourth-order valence-corrected chi connectivity index (χ4v) is 2.62. The van der Waals surface area contributed by atoms with E-state index in [2.05, 4.69) is 0 Å². The van der Waals surface area contributed by atoms with Crippen molar-refractivity contribution in [3.63, 3.8) is 0 Å². The molecule has 1 unspecified atom stereocenters. The molecule has 0 bridgehead atoms. The molecule has 21 heavy (non-hydrogen) atoms. The predicted molar refractivity (Wildman–Crippen MR) is 72.8 cm³/mol. The maximum absolute atomic E-state index is 13.5. The maximum atomic E-state index is 13.5. The monoisotopic (exact) mass is 296 g/mol. The summed E-state index contributed by atoms with van der Waals surface area (Å²) in [5.41, 5.74) is -1.57. The molecule has 0 spiro atoms. The normalized spacial score (nSPS) is 22.9. The van der Waals surface area contributed by atoms with E-state index in [9.17, 15) is 18.4 Å². The number of esters is 1. The van der Waals surface area contributed by atoms with Crippen LogP contribution in [0.1, 0.15) is 37.7 Å². The van der Waals surface area contributed by atoms with Gasteiger partial charge in [-0.25, -0.2) is 8.78 Å². The van der Waals surface area contributed by atoms with Gasteiger partial charge < -0.3 is 4.74 Å². The number of benzene rings is 1. The molecule has 2 rings (SSSR count). The molecule has 0 amide bonds. The number of rotatable bonds is 4. The van der Waals surface area contributed by atoms with Crippen molar-refractivity contribution in [2.45, 2.75) is 45.1 Å². The minimum Gasteiger partial charge on any atom is -0.460 e. The van der Waals surface area contributed by atoms with E-state index in [-0.39, 0.29) is 19.4 Å². The van der Waals surface area contributed by atoms with Crippen molar-refractivity contribution in [3.05, 3.63) is 35.9 Å². The molecule has 0 aromatic heterocycles. The van der Waals surface area contributed by atoms with Gasteiger partial charge in [0.15, 0.2) is 11.2 Å². The number of carbonyl (C=O) groups is 2. The van der Waals surface area contributed by atoms with Gasteiger partial charge in [0.25, 0.3) is 6.43 Å². The lowest BCUT2D eigenvalue weighted by molar-refractivity contribution is -0.173. The van der Waals surface area contributed by atoms with E-state index in [4.69, 9.17) is 4.74 Å². The maximum Gasteiger partial charge on any atom is 0.325 e. The van der Waals surface area contributed by atoms with Crippen molar-refractivity contribution < 1.29 is 23.1 Å². The average Bonchev–Trinajstić information content (AvgIpc) is 2.68. The molecule has 5 heteroatoms. The van der Waals surface area contributed by atoms with Crippen LogP contribution < -0.4 is 0 Å². The lowest BCUT2D eigenvalue weighted by Crippen LogP contribution is -2.46. The summed E-state index contributed by atoms with van der Waals surface area (Å²) in [7, 11) is 0. The smallest absolute Gasteiger partial charge is 0.325 e. The molecular weight excluding hydrogens is 278 g/mol. The highest BCUT2D eigenvalue weighted by Crippen LogP contribution is 2.39. The minimum absolute atomic E-state index is 0.0186. The topological polar surface area (TPSA) is 43.4 Å². The second-order valence-corrected chi connectivity index (χ2v) is 5.32. The Labute approximate surface area is 122 Å². The number of halogens is 2. The van der Waals surface area contributed by atoms with Crippen LogP contribution in [0.5, 0.6) is 0 Å². The van der Waals surface area contributed by atoms with Crippen molar-refractivity contribution in [1.29, 1.82) is 0 Å². The summed E-state index contributed by atoms with van der Waals surface area (Å²) in [4.78, 5) is 24.2. The van der Waals surface area contributed by atoms with Gasteiger partial charge >= 0.3 is 5.97 Å². The van der Waals surface area contributed by atoms with Crippen LogP contribution in [-0.4, -0.2) is 18.2 Å². The van der Waals surface area contributed by atoms with Crippen LogP contribution in [0.4, 0.5) is 8.78 Å². The van der Waals surface area contributed by atoms with Crippen molar-refractivity contribution in [1.82, 2.24) is 0 Å². The Morgan fingerprint density at radius 1 is 1.19 bits per heavy atom. The second kappa shape index (κ2) is 6.78. The SMILES string of the molecule is O=C1CCCCCC1(C(=O)OCc1ccccc1)C(F)F. The minimum atomic E-state index is -3.02. The number of alkyl halides is 2. The summed E-state index contributed by atoms with van der Waals surface area (Å²) in [5, 5.41) is 0. The van der Waals surface area contributed by atoms with E-state index in [1.165, 1.54) is 0 Å². The summed E-state index contributed by atoms with van der Waals surface area (Å²) < 4.78 is 31.9. The first-order valence-electron chi connectivity index (χ1n) is 7.10. The largest absolute Gasteiger partial charge is 0.460 e. The summed E-state index contributed by atoms with van der Waals surface area (Å²) in [5.74, 6) is -1.78. The first kappa shape index (κ1) is 15.6. The summed E-state index contributed by atoms with van der Waals surface area (Å²) in [6.45, 7) is -0.0958. The van der Waals surface area contributed by atoms with E-state index >= 15 is 0 Å². The van der Waals surface area contributed by atoms with E-state index in [0.29, 0.717) is 24.8 Å². The average molecular weight is 296 g/mol. The first-order valence-corrected chi connectivity index (χ1v) is 7.10. The molecule has 0 saturated heterocycles. The van der Waals surface area contributed by atoms with Crippen molar-refractivity contribution in [2.75, 3.05) is 0 Å². The molecule has 1 fully saturated rings. The van der Waals surface area contributed by atoms with Crippen LogP contribution in [0.3, 0.4) is 0 Å². The Balaban J connectivity index is 2.13. The van der Waals surface area contributed by atoms with Crippen molar-refractivity contribution in [2.24, 2.45) is 5.41 Å². The van der Waals surface area contributed by atoms with Gasteiger partial charge in [-0.05, 0) is 18.4 Å². The fraction of sp³-hybridized carbons (Fsp3) is 0.500. The molecule has 1 aliphatic rings. The zero-order valence-electron chi connectivity index (χ0n) is 11.7. The van der Waals surface area contributed by atoms with Crippen LogP contribution in [0.15, 0.2) is 30.3 Å². The van der Waals surface area contributed by atoms with Gasteiger partial charge in [0.1, 0.15) is 6.61 Å². The number of Topliss-reactive ketones (excluding diaryl/α,β-unsaturated/α-hetero) is 1. The zero-order chi connectivity index (χ0) is 15.3. The lowest BCUT2D eigenvalue weighted by atomic mass is 9.79. The number of hydrogen-bond acceptors (Lipinski definition) is 3. The van der Waals surface area contributed by atoms with Crippen LogP contribution in [0.25, 0.3) is 0 Å². The summed E-state index contributed by atoms with van der Waals surface area (Å²) in [6, 6.07) is 8.81. The Hall–Kier alpha value is -1.78. The molecule has 0 heterocycles. The Bertz CT molecular complexity index is 502. The van der Waals surface area contributed by atoms with Gasteiger partial charge in [-0.2, -0.15) is 0 Å². The molecule has 1 atom stereocenters. The van der Waals surface area contributed by atoms with E-state index in [1.807, 2.05) is 0 Å². The van der Waals surface area contributed by atoms with Crippen LogP contribution in [-0.2, 0) is 20.9 Å². The Morgan fingerprint density at radius 2 is 1.90 bits per heavy atom. The number of hydrogen-bond donors (Lipinski definition) is 0. The highest BCUT2D eigenvalue weighted by atomic mass is 19.3. The first-order chi connectivity index (χ1) is 10.1. The van der Waals surface area contributed by atoms with Gasteiger partial charge in [0.2, 0.25) is 0 Å². The molecule has 3 nitrogen and oxygen atoms in total. The standard InChI is InChI=1S/C16H18F2O3/c17-14(18)16(10-6-2-5-9-13(16)19)15(20)21-11-12-7-3-1-4-8-12/h1,3-4,7-8,14H,2,5-6,9-11H2. The molecule has 1 aromatic rings. The summed E-state index contributed by atoms with van der Waals surface area (Å²) in [6.07, 6.45) is -1.45. The van der Waals surface area contributed by atoms with Crippen molar-refractivity contribution >= 4 is 11.8 Å². The third-order valence-electron chi connectivity index (χ3n) is 3.92. The second-order valence-electron chi connectivity index (χ2n) is 5.32. The van der Waals surface area contributed by atoms with Gasteiger partial charge in [-0.15, -0.1) is 0 Å². The molecule has 0 N–H and O–H groups in total. The molecule has 0 aliphatic heterocycles. The van der Waals surface area contributed by atoms with Gasteiger partial charge in [0, 0.05) is 6.42 Å². The Kier molecular flexibility index (Phi) is 5.04. The summed E-state index contributed by atoms with van der Waals surface area (Å²) >= 11 is 0. The molecule has 1 saturated carbocycles. The van der Waals surface area contributed by atoms with Crippen LogP contribution >= 0.6 is 0 Å².